The number of hydrogen-bond acceptors (Lipinski definition) is 10. The van der Waals surface area contributed by atoms with Gasteiger partial charge in [-0.05, 0) is 79.9 Å². The number of benzene rings is 4. The first-order valence-electron chi connectivity index (χ1n) is 16.6. The molecule has 0 aliphatic carbocycles. The Labute approximate surface area is 306 Å². The quantitative estimate of drug-likeness (QED) is 0.147. The first-order chi connectivity index (χ1) is 24.6. The number of rotatable bonds is 5. The van der Waals surface area contributed by atoms with Gasteiger partial charge in [-0.3, -0.25) is 19.9 Å². The van der Waals surface area contributed by atoms with E-state index in [1.54, 1.807) is 7.11 Å². The molecule has 13 heteroatoms. The SMILES string of the molecule is COc1cc2c3cc1Oc1c(OC)c(OC)c(Cl)c4c1[C@H](Cc1c([N+](=O)[O-])cc(OC)c(c1Cl)Oc1ccc(cc1)C[C@@H]3N(C)CC2)N(C)CC4. The van der Waals surface area contributed by atoms with Crippen molar-refractivity contribution in [1.29, 1.82) is 0 Å². The molecule has 0 saturated carbocycles. The van der Waals surface area contributed by atoms with Gasteiger partial charge in [0.1, 0.15) is 5.75 Å². The molecule has 11 nitrogen and oxygen atoms in total. The third-order valence-electron chi connectivity index (χ3n) is 10.3. The molecule has 0 radical (unpaired) electrons. The molecule has 51 heavy (non-hydrogen) atoms. The number of nitro groups is 1. The first-order valence-corrected chi connectivity index (χ1v) is 17.4. The second kappa shape index (κ2) is 14.0. The van der Waals surface area contributed by atoms with Gasteiger partial charge in [0.05, 0.1) is 55.0 Å². The molecule has 6 bridgehead atoms. The van der Waals surface area contributed by atoms with Crippen LogP contribution in [0.15, 0.2) is 42.5 Å². The smallest absolute Gasteiger partial charge is 0.278 e. The van der Waals surface area contributed by atoms with Gasteiger partial charge in [0.2, 0.25) is 5.75 Å². The summed E-state index contributed by atoms with van der Waals surface area (Å²) in [7, 11) is 10.2. The molecule has 4 heterocycles. The van der Waals surface area contributed by atoms with Crippen LogP contribution in [0.25, 0.3) is 0 Å². The zero-order valence-corrected chi connectivity index (χ0v) is 30.8. The third kappa shape index (κ3) is 6.05. The van der Waals surface area contributed by atoms with Gasteiger partial charge in [0.25, 0.3) is 5.69 Å². The van der Waals surface area contributed by atoms with Gasteiger partial charge in [-0.15, -0.1) is 0 Å². The normalized spacial score (nSPS) is 18.4. The molecule has 0 spiro atoms. The summed E-state index contributed by atoms with van der Waals surface area (Å²) < 4.78 is 36.7. The second-order valence-corrected chi connectivity index (χ2v) is 13.8. The Morgan fingerprint density at radius 2 is 1.45 bits per heavy atom. The lowest BCUT2D eigenvalue weighted by Crippen LogP contribution is -2.34. The van der Waals surface area contributed by atoms with Crippen LogP contribution in [0.4, 0.5) is 5.69 Å². The Morgan fingerprint density at radius 3 is 2.12 bits per heavy atom. The zero-order valence-electron chi connectivity index (χ0n) is 29.3. The summed E-state index contributed by atoms with van der Waals surface area (Å²) in [5, 5.41) is 13.1. The van der Waals surface area contributed by atoms with E-state index >= 15 is 0 Å². The predicted octanol–water partition coefficient (Wildman–Crippen LogP) is 8.38. The van der Waals surface area contributed by atoms with Crippen LogP contribution < -0.4 is 28.4 Å². The van der Waals surface area contributed by atoms with E-state index in [9.17, 15) is 10.1 Å². The van der Waals surface area contributed by atoms with Crippen molar-refractivity contribution in [2.24, 2.45) is 0 Å². The Kier molecular flexibility index (Phi) is 9.57. The summed E-state index contributed by atoms with van der Waals surface area (Å²) in [5.41, 5.74) is 4.98. The molecular weight excluding hydrogens is 697 g/mol. The van der Waals surface area contributed by atoms with Crippen molar-refractivity contribution < 1.29 is 33.3 Å². The van der Waals surface area contributed by atoms with Crippen LogP contribution in [0, 0.1) is 10.1 Å². The van der Waals surface area contributed by atoms with Crippen molar-refractivity contribution in [2.45, 2.75) is 37.8 Å². The summed E-state index contributed by atoms with van der Waals surface area (Å²) in [6, 6.07) is 12.8. The molecule has 0 fully saturated rings. The fourth-order valence-electron chi connectivity index (χ4n) is 7.62. The standard InChI is InChI=1S/C38H39Cl2N3O8/c1-41-13-11-21-16-29(46-3)30-18-24(21)26(41)15-20-7-9-22(10-8-20)50-35-31(47-4)19-27(43(44)45)25(34(35)40)17-28-32-23(12-14-42(28)2)33(39)37(48-5)38(49-6)36(32)51-30/h7-10,16,18-19,26,28H,11-15,17H2,1-6H3/t26-,28-/m0/s1. The van der Waals surface area contributed by atoms with Gasteiger partial charge < -0.3 is 28.4 Å². The molecule has 0 saturated heterocycles. The van der Waals surface area contributed by atoms with E-state index in [-0.39, 0.29) is 40.2 Å². The fraction of sp³-hybridized carbons (Fsp3) is 0.368. The number of methoxy groups -OCH3 is 4. The van der Waals surface area contributed by atoms with Crippen LogP contribution in [-0.2, 0) is 25.7 Å². The van der Waals surface area contributed by atoms with E-state index in [0.717, 1.165) is 36.1 Å². The molecule has 4 aliphatic heterocycles. The summed E-state index contributed by atoms with van der Waals surface area (Å²) in [5.74, 6) is 2.92. The van der Waals surface area contributed by atoms with Crippen LogP contribution in [-0.4, -0.2) is 70.3 Å². The predicted molar refractivity (Wildman–Crippen MR) is 194 cm³/mol. The van der Waals surface area contributed by atoms with Gasteiger partial charge in [-0.1, -0.05) is 35.3 Å². The van der Waals surface area contributed by atoms with Gasteiger partial charge in [0.15, 0.2) is 34.5 Å². The first kappa shape index (κ1) is 35.0. The third-order valence-corrected chi connectivity index (χ3v) is 11.1. The molecule has 4 aromatic carbocycles. The van der Waals surface area contributed by atoms with Gasteiger partial charge in [0, 0.05) is 37.2 Å². The zero-order chi connectivity index (χ0) is 36.1. The Bertz CT molecular complexity index is 2020. The number of hydrogen-bond donors (Lipinski definition) is 0. The van der Waals surface area contributed by atoms with Crippen LogP contribution in [0.2, 0.25) is 10.0 Å². The van der Waals surface area contributed by atoms with E-state index in [4.69, 9.17) is 51.6 Å². The van der Waals surface area contributed by atoms with Crippen LogP contribution in [0.3, 0.4) is 0 Å². The maximum atomic E-state index is 12.6. The highest BCUT2D eigenvalue weighted by molar-refractivity contribution is 6.34. The number of halogens is 2. The maximum absolute atomic E-state index is 12.6. The Balaban J connectivity index is 1.54. The molecule has 0 unspecified atom stereocenters. The minimum atomic E-state index is -0.501. The van der Waals surface area contributed by atoms with E-state index in [0.29, 0.717) is 58.0 Å². The molecule has 268 valence electrons. The van der Waals surface area contributed by atoms with E-state index in [2.05, 4.69) is 29.0 Å². The fourth-order valence-corrected chi connectivity index (χ4v) is 8.29. The minimum absolute atomic E-state index is 0.0499. The number of nitro benzene ring substituents is 1. The molecule has 0 amide bonds. The summed E-state index contributed by atoms with van der Waals surface area (Å²) in [4.78, 5) is 16.6. The van der Waals surface area contributed by atoms with Crippen molar-refractivity contribution in [2.75, 3.05) is 55.6 Å². The number of fused-ring (bicyclic) bond motifs is 2. The lowest BCUT2D eigenvalue weighted by molar-refractivity contribution is -0.385. The Morgan fingerprint density at radius 1 is 0.765 bits per heavy atom. The number of likely N-dealkylation sites (N-methyl/N-ethyl adjacent to an activating group) is 2. The molecule has 0 aromatic heterocycles. The van der Waals surface area contributed by atoms with E-state index in [1.807, 2.05) is 31.3 Å². The number of ether oxygens (including phenoxy) is 6. The van der Waals surface area contributed by atoms with Crippen molar-refractivity contribution in [1.82, 2.24) is 9.80 Å². The molecular formula is C38H39Cl2N3O8. The van der Waals surface area contributed by atoms with Crippen LogP contribution >= 0.6 is 23.2 Å². The maximum Gasteiger partial charge on any atom is 0.278 e. The topological polar surface area (TPSA) is 105 Å². The molecule has 4 aliphatic rings. The van der Waals surface area contributed by atoms with Gasteiger partial charge >= 0.3 is 0 Å². The highest BCUT2D eigenvalue weighted by Gasteiger charge is 2.39. The molecule has 4 aromatic rings. The minimum Gasteiger partial charge on any atom is -0.493 e. The van der Waals surface area contributed by atoms with E-state index < -0.39 is 11.0 Å². The summed E-state index contributed by atoms with van der Waals surface area (Å²) >= 11 is 14.2. The second-order valence-electron chi connectivity index (χ2n) is 13.0. The Hall–Kier alpha value is -4.42. The largest absolute Gasteiger partial charge is 0.493 e. The van der Waals surface area contributed by atoms with Crippen molar-refractivity contribution in [3.05, 3.63) is 96.0 Å². The van der Waals surface area contributed by atoms with Gasteiger partial charge in [-0.2, -0.15) is 0 Å². The van der Waals surface area contributed by atoms with Gasteiger partial charge in [-0.25, -0.2) is 0 Å². The van der Waals surface area contributed by atoms with Crippen molar-refractivity contribution in [3.63, 3.8) is 0 Å². The molecule has 0 N–H and O–H groups in total. The highest BCUT2D eigenvalue weighted by Crippen LogP contribution is 2.56. The van der Waals surface area contributed by atoms with Crippen molar-refractivity contribution >= 4 is 28.9 Å². The summed E-state index contributed by atoms with van der Waals surface area (Å²) in [6.07, 6.45) is 2.25. The highest BCUT2D eigenvalue weighted by atomic mass is 35.5. The van der Waals surface area contributed by atoms with Crippen molar-refractivity contribution in [3.8, 4) is 46.0 Å². The summed E-state index contributed by atoms with van der Waals surface area (Å²) in [6.45, 7) is 1.48. The van der Waals surface area contributed by atoms with E-state index in [1.165, 1.54) is 33.0 Å². The van der Waals surface area contributed by atoms with Crippen LogP contribution in [0.1, 0.15) is 45.5 Å². The molecule has 2 atom stereocenters. The van der Waals surface area contributed by atoms with Crippen LogP contribution in [0.5, 0.6) is 46.0 Å². The number of nitrogens with zero attached hydrogens (tertiary/aromatic N) is 3. The molecule has 8 rings (SSSR count). The lowest BCUT2D eigenvalue weighted by Gasteiger charge is -2.38. The average Bonchev–Trinajstić information content (AvgIpc) is 3.12. The lowest BCUT2D eigenvalue weighted by atomic mass is 9.86. The monoisotopic (exact) mass is 735 g/mol. The average molecular weight is 737 g/mol.